The van der Waals surface area contributed by atoms with Crippen LogP contribution in [0.25, 0.3) is 10.9 Å². The second kappa shape index (κ2) is 8.50. The van der Waals surface area contributed by atoms with Crippen LogP contribution < -0.4 is 10.5 Å². The number of unbranched alkanes of at least 4 members (excludes halogenated alkanes) is 6. The highest BCUT2D eigenvalue weighted by atomic mass is 16.5. The Morgan fingerprint density at radius 1 is 1.00 bits per heavy atom. The Balaban J connectivity index is 1.78. The van der Waals surface area contributed by atoms with Crippen molar-refractivity contribution in [3.63, 3.8) is 0 Å². The molecule has 2 N–H and O–H groups in total. The van der Waals surface area contributed by atoms with E-state index in [1.807, 2.05) is 24.3 Å². The molecule has 0 aliphatic heterocycles. The van der Waals surface area contributed by atoms with Crippen molar-refractivity contribution in [2.45, 2.75) is 51.9 Å². The van der Waals surface area contributed by atoms with E-state index in [-0.39, 0.29) is 0 Å². The molecule has 0 radical (unpaired) electrons. The first kappa shape index (κ1) is 15.6. The molecule has 0 aliphatic carbocycles. The number of nitrogen functional groups attached to an aromatic ring is 1. The van der Waals surface area contributed by atoms with Crippen LogP contribution in [0.2, 0.25) is 0 Å². The molecule has 0 bridgehead atoms. The molecule has 0 saturated heterocycles. The van der Waals surface area contributed by atoms with E-state index in [0.717, 1.165) is 35.4 Å². The monoisotopic (exact) mass is 286 g/mol. The summed E-state index contributed by atoms with van der Waals surface area (Å²) >= 11 is 0. The van der Waals surface area contributed by atoms with E-state index in [1.165, 1.54) is 38.5 Å². The first-order chi connectivity index (χ1) is 10.3. The van der Waals surface area contributed by atoms with Gasteiger partial charge in [0.2, 0.25) is 0 Å². The molecule has 1 aromatic heterocycles. The quantitative estimate of drug-likeness (QED) is 0.524. The van der Waals surface area contributed by atoms with Gasteiger partial charge in [-0.05, 0) is 30.7 Å². The number of aromatic nitrogens is 1. The first-order valence-electron chi connectivity index (χ1n) is 8.09. The van der Waals surface area contributed by atoms with Crippen molar-refractivity contribution in [2.24, 2.45) is 0 Å². The van der Waals surface area contributed by atoms with E-state index >= 15 is 0 Å². The largest absolute Gasteiger partial charge is 0.491 e. The Morgan fingerprint density at radius 3 is 2.57 bits per heavy atom. The lowest BCUT2D eigenvalue weighted by atomic mass is 10.1. The van der Waals surface area contributed by atoms with Crippen LogP contribution in [-0.2, 0) is 0 Å². The van der Waals surface area contributed by atoms with Gasteiger partial charge in [-0.1, -0.05) is 45.4 Å². The van der Waals surface area contributed by atoms with Crippen LogP contribution in [0.3, 0.4) is 0 Å². The van der Waals surface area contributed by atoms with E-state index in [2.05, 4.69) is 11.9 Å². The molecule has 0 fully saturated rings. The molecule has 114 valence electrons. The fraction of sp³-hybridized carbons (Fsp3) is 0.500. The number of benzene rings is 1. The molecule has 21 heavy (non-hydrogen) atoms. The molecular weight excluding hydrogens is 260 g/mol. The minimum absolute atomic E-state index is 0.751. The SMILES string of the molecule is CCCCCCCCCOc1ccc(N)c2cccnc12. The molecular formula is C18H26N2O. The summed E-state index contributed by atoms with van der Waals surface area (Å²) in [6.07, 6.45) is 10.8. The van der Waals surface area contributed by atoms with Gasteiger partial charge in [0, 0.05) is 17.3 Å². The zero-order chi connectivity index (χ0) is 14.9. The molecule has 3 heteroatoms. The Hall–Kier alpha value is -1.77. The minimum Gasteiger partial charge on any atom is -0.491 e. The maximum Gasteiger partial charge on any atom is 0.145 e. The summed E-state index contributed by atoms with van der Waals surface area (Å²) in [6, 6.07) is 7.70. The lowest BCUT2D eigenvalue weighted by Gasteiger charge is -2.10. The van der Waals surface area contributed by atoms with E-state index < -0.39 is 0 Å². The highest BCUT2D eigenvalue weighted by Crippen LogP contribution is 2.28. The van der Waals surface area contributed by atoms with Crippen LogP contribution >= 0.6 is 0 Å². The Labute approximate surface area is 127 Å². The number of pyridine rings is 1. The normalized spacial score (nSPS) is 10.9. The fourth-order valence-corrected chi connectivity index (χ4v) is 2.53. The van der Waals surface area contributed by atoms with Crippen LogP contribution in [0, 0.1) is 0 Å². The maximum absolute atomic E-state index is 5.96. The number of hydrogen-bond acceptors (Lipinski definition) is 3. The number of nitrogens with two attached hydrogens (primary N) is 1. The zero-order valence-electron chi connectivity index (χ0n) is 13.0. The number of ether oxygens (including phenoxy) is 1. The molecule has 0 atom stereocenters. The molecule has 3 nitrogen and oxygen atoms in total. The van der Waals surface area contributed by atoms with Gasteiger partial charge in [-0.25, -0.2) is 0 Å². The van der Waals surface area contributed by atoms with E-state index in [1.54, 1.807) is 6.20 Å². The summed E-state index contributed by atoms with van der Waals surface area (Å²) in [5, 5.41) is 0.967. The maximum atomic E-state index is 5.96. The number of anilines is 1. The number of rotatable bonds is 9. The first-order valence-corrected chi connectivity index (χ1v) is 8.09. The highest BCUT2D eigenvalue weighted by Gasteiger charge is 2.05. The van der Waals surface area contributed by atoms with E-state index in [9.17, 15) is 0 Å². The van der Waals surface area contributed by atoms with E-state index in [4.69, 9.17) is 10.5 Å². The predicted octanol–water partition coefficient (Wildman–Crippen LogP) is 4.95. The summed E-state index contributed by atoms with van der Waals surface area (Å²) in [7, 11) is 0. The summed E-state index contributed by atoms with van der Waals surface area (Å²) < 4.78 is 5.88. The van der Waals surface area contributed by atoms with Gasteiger partial charge < -0.3 is 10.5 Å². The van der Waals surface area contributed by atoms with Gasteiger partial charge in [0.05, 0.1) is 6.61 Å². The summed E-state index contributed by atoms with van der Waals surface area (Å²) in [6.45, 7) is 3.00. The van der Waals surface area contributed by atoms with Gasteiger partial charge in [0.15, 0.2) is 0 Å². The van der Waals surface area contributed by atoms with Gasteiger partial charge in [-0.3, -0.25) is 4.98 Å². The minimum atomic E-state index is 0.751. The smallest absolute Gasteiger partial charge is 0.145 e. The second-order valence-corrected chi connectivity index (χ2v) is 5.52. The lowest BCUT2D eigenvalue weighted by Crippen LogP contribution is -1.99. The third-order valence-corrected chi connectivity index (χ3v) is 3.77. The van der Waals surface area contributed by atoms with Crippen molar-refractivity contribution in [2.75, 3.05) is 12.3 Å². The van der Waals surface area contributed by atoms with Gasteiger partial charge in [-0.2, -0.15) is 0 Å². The van der Waals surface area contributed by atoms with Crippen molar-refractivity contribution in [3.05, 3.63) is 30.5 Å². The molecule has 2 rings (SSSR count). The number of hydrogen-bond donors (Lipinski definition) is 1. The van der Waals surface area contributed by atoms with Crippen LogP contribution in [-0.4, -0.2) is 11.6 Å². The fourth-order valence-electron chi connectivity index (χ4n) is 2.53. The molecule has 0 aliphatic rings. The molecule has 1 heterocycles. The molecule has 0 spiro atoms. The molecule has 0 saturated carbocycles. The summed E-state index contributed by atoms with van der Waals surface area (Å²) in [5.74, 6) is 0.839. The lowest BCUT2D eigenvalue weighted by molar-refractivity contribution is 0.307. The van der Waals surface area contributed by atoms with Gasteiger partial charge in [0.25, 0.3) is 0 Å². The average molecular weight is 286 g/mol. The van der Waals surface area contributed by atoms with Gasteiger partial charge in [0.1, 0.15) is 11.3 Å². The average Bonchev–Trinajstić information content (AvgIpc) is 2.52. The topological polar surface area (TPSA) is 48.1 Å². The van der Waals surface area contributed by atoms with Crippen LogP contribution in [0.1, 0.15) is 51.9 Å². The van der Waals surface area contributed by atoms with Crippen molar-refractivity contribution in [3.8, 4) is 5.75 Å². The Kier molecular flexibility index (Phi) is 6.32. The van der Waals surface area contributed by atoms with Crippen molar-refractivity contribution in [1.82, 2.24) is 4.98 Å². The predicted molar refractivity (Wildman–Crippen MR) is 89.6 cm³/mol. The third kappa shape index (κ3) is 4.62. The third-order valence-electron chi connectivity index (χ3n) is 3.77. The van der Waals surface area contributed by atoms with Crippen molar-refractivity contribution < 1.29 is 4.74 Å². The zero-order valence-corrected chi connectivity index (χ0v) is 13.0. The second-order valence-electron chi connectivity index (χ2n) is 5.52. The van der Waals surface area contributed by atoms with Crippen LogP contribution in [0.4, 0.5) is 5.69 Å². The van der Waals surface area contributed by atoms with Gasteiger partial charge in [-0.15, -0.1) is 0 Å². The van der Waals surface area contributed by atoms with Crippen molar-refractivity contribution in [1.29, 1.82) is 0 Å². The Bertz CT molecular complexity index is 554. The molecule has 0 amide bonds. The molecule has 2 aromatic rings. The summed E-state index contributed by atoms with van der Waals surface area (Å²) in [5.41, 5.74) is 7.58. The Morgan fingerprint density at radius 2 is 1.76 bits per heavy atom. The van der Waals surface area contributed by atoms with Gasteiger partial charge >= 0.3 is 0 Å². The standard InChI is InChI=1S/C18H26N2O/c1-2-3-4-5-6-7-8-14-21-17-12-11-16(19)15-10-9-13-20-18(15)17/h9-13H,2-8,14,19H2,1H3. The number of fused-ring (bicyclic) bond motifs is 1. The molecule has 1 aromatic carbocycles. The van der Waals surface area contributed by atoms with E-state index in [0.29, 0.717) is 0 Å². The highest BCUT2D eigenvalue weighted by molar-refractivity contribution is 5.94. The van der Waals surface area contributed by atoms with Crippen molar-refractivity contribution >= 4 is 16.6 Å². The van der Waals surface area contributed by atoms with Crippen LogP contribution in [0.5, 0.6) is 5.75 Å². The number of nitrogens with zero attached hydrogens (tertiary/aromatic N) is 1. The molecule has 0 unspecified atom stereocenters. The summed E-state index contributed by atoms with van der Waals surface area (Å²) in [4.78, 5) is 4.39. The van der Waals surface area contributed by atoms with Crippen LogP contribution in [0.15, 0.2) is 30.5 Å².